The Morgan fingerprint density at radius 1 is 1.05 bits per heavy atom. The second kappa shape index (κ2) is 10.2. The molecule has 0 aromatic heterocycles. The molecule has 1 heterocycles. The van der Waals surface area contributed by atoms with E-state index in [-0.39, 0.29) is 16.9 Å². The van der Waals surface area contributed by atoms with Crippen LogP contribution in [0.1, 0.15) is 57.5 Å². The number of para-hydroxylation sites is 1. The van der Waals surface area contributed by atoms with Crippen molar-refractivity contribution < 1.29 is 18.7 Å². The molecule has 0 saturated carbocycles. The number of carbonyl (C=O) groups excluding carboxylic acids is 2. The molecule has 1 aliphatic heterocycles. The van der Waals surface area contributed by atoms with Crippen molar-refractivity contribution in [3.63, 3.8) is 0 Å². The summed E-state index contributed by atoms with van der Waals surface area (Å²) in [6.45, 7) is 2.37. The van der Waals surface area contributed by atoms with Crippen molar-refractivity contribution in [2.45, 2.75) is 39.0 Å². The van der Waals surface area contributed by atoms with Crippen LogP contribution in [0.2, 0.25) is 0 Å². The van der Waals surface area contributed by atoms with E-state index in [2.05, 4.69) is 23.5 Å². The predicted molar refractivity (Wildman–Crippen MR) is 144 cm³/mol. The van der Waals surface area contributed by atoms with Crippen LogP contribution in [-0.4, -0.2) is 25.5 Å². The number of hydrogen-bond donors (Lipinski definition) is 1. The van der Waals surface area contributed by atoms with Crippen LogP contribution >= 0.6 is 0 Å². The van der Waals surface area contributed by atoms with Gasteiger partial charge in [0.1, 0.15) is 11.6 Å². The smallest absolute Gasteiger partial charge is 0.258 e. The topological polar surface area (TPSA) is 58.6 Å². The summed E-state index contributed by atoms with van der Waals surface area (Å²) in [6, 6.07) is 17.3. The molecule has 190 valence electrons. The Labute approximate surface area is 217 Å². The maximum absolute atomic E-state index is 13.8. The summed E-state index contributed by atoms with van der Waals surface area (Å²) in [7, 11) is 1.49. The lowest BCUT2D eigenvalue weighted by Gasteiger charge is -2.32. The van der Waals surface area contributed by atoms with Gasteiger partial charge in [0, 0.05) is 23.4 Å². The van der Waals surface area contributed by atoms with E-state index in [9.17, 15) is 14.0 Å². The number of halogens is 1. The van der Waals surface area contributed by atoms with Crippen LogP contribution in [0.4, 0.5) is 15.8 Å². The molecule has 5 nitrogen and oxygen atoms in total. The summed E-state index contributed by atoms with van der Waals surface area (Å²) in [5, 5.41) is 2.79. The van der Waals surface area contributed by atoms with E-state index in [1.165, 1.54) is 31.2 Å². The number of hydrogen-bond acceptors (Lipinski definition) is 3. The van der Waals surface area contributed by atoms with Gasteiger partial charge in [0.25, 0.3) is 11.8 Å². The van der Waals surface area contributed by atoms with Gasteiger partial charge in [-0.1, -0.05) is 36.4 Å². The highest BCUT2D eigenvalue weighted by Crippen LogP contribution is 2.43. The molecule has 2 aliphatic rings. The van der Waals surface area contributed by atoms with Crippen molar-refractivity contribution in [2.75, 3.05) is 23.9 Å². The lowest BCUT2D eigenvalue weighted by Crippen LogP contribution is -2.33. The maximum Gasteiger partial charge on any atom is 0.258 e. The summed E-state index contributed by atoms with van der Waals surface area (Å²) >= 11 is 0. The molecule has 2 amide bonds. The molecule has 37 heavy (non-hydrogen) atoms. The number of methoxy groups -OCH3 is 1. The van der Waals surface area contributed by atoms with E-state index in [1.54, 1.807) is 31.2 Å². The summed E-state index contributed by atoms with van der Waals surface area (Å²) in [6.07, 6.45) is 9.90. The van der Waals surface area contributed by atoms with Crippen molar-refractivity contribution in [1.29, 1.82) is 0 Å². The summed E-state index contributed by atoms with van der Waals surface area (Å²) in [5.41, 5.74) is 4.01. The largest absolute Gasteiger partial charge is 0.495 e. The van der Waals surface area contributed by atoms with Crippen LogP contribution < -0.4 is 15.0 Å². The Morgan fingerprint density at radius 2 is 1.89 bits per heavy atom. The van der Waals surface area contributed by atoms with Crippen molar-refractivity contribution in [3.05, 3.63) is 101 Å². The first-order valence-corrected chi connectivity index (χ1v) is 12.7. The molecular weight excluding hydrogens is 467 g/mol. The number of nitrogens with one attached hydrogen (secondary N) is 1. The highest BCUT2D eigenvalue weighted by molar-refractivity contribution is 6.09. The third kappa shape index (κ3) is 5.01. The minimum Gasteiger partial charge on any atom is -0.495 e. The molecule has 5 rings (SSSR count). The third-order valence-electron chi connectivity index (χ3n) is 7.56. The van der Waals surface area contributed by atoms with Gasteiger partial charge >= 0.3 is 0 Å². The number of amides is 2. The van der Waals surface area contributed by atoms with Crippen LogP contribution in [0, 0.1) is 18.2 Å². The average molecular weight is 499 g/mol. The molecule has 0 bridgehead atoms. The number of carbonyl (C=O) groups is 2. The van der Waals surface area contributed by atoms with Gasteiger partial charge in [0.05, 0.1) is 12.8 Å². The zero-order valence-corrected chi connectivity index (χ0v) is 21.2. The van der Waals surface area contributed by atoms with Crippen LogP contribution in [-0.2, 0) is 6.42 Å². The Balaban J connectivity index is 1.42. The zero-order chi connectivity index (χ0) is 26.0. The van der Waals surface area contributed by atoms with E-state index in [0.29, 0.717) is 29.1 Å². The molecule has 1 N–H and O–H groups in total. The average Bonchev–Trinajstić information content (AvgIpc) is 3.06. The van der Waals surface area contributed by atoms with Crippen LogP contribution in [0.15, 0.2) is 72.8 Å². The Hall–Kier alpha value is -3.93. The van der Waals surface area contributed by atoms with E-state index in [4.69, 9.17) is 4.74 Å². The molecule has 1 atom stereocenters. The first kappa shape index (κ1) is 24.8. The molecule has 1 aliphatic carbocycles. The summed E-state index contributed by atoms with van der Waals surface area (Å²) in [4.78, 5) is 28.5. The van der Waals surface area contributed by atoms with E-state index >= 15 is 0 Å². The van der Waals surface area contributed by atoms with Gasteiger partial charge in [-0.2, -0.15) is 0 Å². The molecule has 0 fully saturated rings. The Kier molecular flexibility index (Phi) is 6.83. The number of allylic oxidation sites excluding steroid dienone is 2. The van der Waals surface area contributed by atoms with E-state index in [0.717, 1.165) is 31.4 Å². The molecule has 0 saturated heterocycles. The highest BCUT2D eigenvalue weighted by atomic mass is 19.1. The van der Waals surface area contributed by atoms with Crippen LogP contribution in [0.25, 0.3) is 0 Å². The normalized spacial score (nSPS) is 18.7. The number of aryl methyl sites for hydroxylation is 1. The maximum atomic E-state index is 13.8. The predicted octanol–water partition coefficient (Wildman–Crippen LogP) is 6.71. The van der Waals surface area contributed by atoms with Gasteiger partial charge in [-0.05, 0) is 92.0 Å². The number of fused-ring (bicyclic) bond motifs is 1. The first-order chi connectivity index (χ1) is 17.9. The second-order valence-corrected chi connectivity index (χ2v) is 10.00. The van der Waals surface area contributed by atoms with Crippen LogP contribution in [0.3, 0.4) is 0 Å². The fourth-order valence-corrected chi connectivity index (χ4v) is 5.51. The number of nitrogens with zero attached hydrogens (tertiary/aromatic N) is 1. The fraction of sp³-hybridized carbons (Fsp3) is 0.290. The number of rotatable bonds is 4. The molecule has 1 spiro atoms. The molecule has 6 heteroatoms. The fourth-order valence-electron chi connectivity index (χ4n) is 5.51. The van der Waals surface area contributed by atoms with Crippen molar-refractivity contribution >= 4 is 23.2 Å². The summed E-state index contributed by atoms with van der Waals surface area (Å²) < 4.78 is 19.2. The molecule has 3 aromatic carbocycles. The molecule has 0 radical (unpaired) electrons. The standard InChI is InChI=1S/C31H31FN2O3/c1-21-10-12-24(32)19-25(21)29(35)33-26-13-11-22(18-28(26)37-2)30(36)34-17-16-31(14-6-3-7-15-31)20-23-8-4-5-9-27(23)34/h4-6,8-14,18-19H,3,7,15-17,20H2,1-2H3,(H,33,35). The monoisotopic (exact) mass is 498 g/mol. The second-order valence-electron chi connectivity index (χ2n) is 10.00. The van der Waals surface area contributed by atoms with Gasteiger partial charge in [-0.25, -0.2) is 4.39 Å². The molecular formula is C31H31FN2O3. The minimum absolute atomic E-state index is 0.0876. The third-order valence-corrected chi connectivity index (χ3v) is 7.56. The Morgan fingerprint density at radius 3 is 2.68 bits per heavy atom. The minimum atomic E-state index is -0.480. The zero-order valence-electron chi connectivity index (χ0n) is 21.2. The van der Waals surface area contributed by atoms with Crippen molar-refractivity contribution in [3.8, 4) is 5.75 Å². The van der Waals surface area contributed by atoms with Crippen LogP contribution in [0.5, 0.6) is 5.75 Å². The number of benzene rings is 3. The van der Waals surface area contributed by atoms with Gasteiger partial charge in [0.15, 0.2) is 0 Å². The van der Waals surface area contributed by atoms with E-state index in [1.807, 2.05) is 23.1 Å². The number of ether oxygens (including phenoxy) is 1. The first-order valence-electron chi connectivity index (χ1n) is 12.7. The van der Waals surface area contributed by atoms with Crippen molar-refractivity contribution in [2.24, 2.45) is 5.41 Å². The molecule has 3 aromatic rings. The molecule has 1 unspecified atom stereocenters. The quantitative estimate of drug-likeness (QED) is 0.407. The lowest BCUT2D eigenvalue weighted by molar-refractivity contribution is 0.0983. The summed E-state index contributed by atoms with van der Waals surface area (Å²) in [5.74, 6) is -0.668. The Bertz CT molecular complexity index is 1380. The highest BCUT2D eigenvalue weighted by Gasteiger charge is 2.35. The number of anilines is 2. The SMILES string of the molecule is COc1cc(C(=O)N2CCC3(C=CCCC3)Cc3ccccc32)ccc1NC(=O)c1cc(F)ccc1C. The van der Waals surface area contributed by atoms with Crippen molar-refractivity contribution in [1.82, 2.24) is 0 Å². The van der Waals surface area contributed by atoms with Gasteiger partial charge in [-0.3, -0.25) is 9.59 Å². The van der Waals surface area contributed by atoms with Gasteiger partial charge in [-0.15, -0.1) is 0 Å². The lowest BCUT2D eigenvalue weighted by atomic mass is 9.72. The van der Waals surface area contributed by atoms with E-state index < -0.39 is 11.7 Å². The van der Waals surface area contributed by atoms with Gasteiger partial charge < -0.3 is 15.0 Å². The van der Waals surface area contributed by atoms with Gasteiger partial charge in [0.2, 0.25) is 0 Å².